The number of fused-ring (bicyclic) bond motifs is 1. The van der Waals surface area contributed by atoms with Crippen LogP contribution in [-0.2, 0) is 11.2 Å². The predicted octanol–water partition coefficient (Wildman–Crippen LogP) is 3.63. The van der Waals surface area contributed by atoms with Crippen molar-refractivity contribution < 1.29 is 14.8 Å². The lowest BCUT2D eigenvalue weighted by Crippen LogP contribution is -2.14. The first-order chi connectivity index (χ1) is 11.5. The van der Waals surface area contributed by atoms with E-state index in [9.17, 15) is 20.0 Å². The number of hydrogen-bond donors (Lipinski definition) is 2. The van der Waals surface area contributed by atoms with Gasteiger partial charge in [-0.2, -0.15) is 0 Å². The Balaban J connectivity index is 1.74. The van der Waals surface area contributed by atoms with Gasteiger partial charge in [0.15, 0.2) is 0 Å². The molecule has 0 fully saturated rings. The van der Waals surface area contributed by atoms with Crippen LogP contribution in [0.5, 0.6) is 5.75 Å². The number of phenolic OH excluding ortho intramolecular Hbond substituents is 1. The summed E-state index contributed by atoms with van der Waals surface area (Å²) in [5.41, 5.74) is 0.749. The van der Waals surface area contributed by atoms with Gasteiger partial charge in [0.2, 0.25) is 5.91 Å². The lowest BCUT2D eigenvalue weighted by molar-refractivity contribution is -0.384. The number of hydrogen-bond acceptors (Lipinski definition) is 4. The van der Waals surface area contributed by atoms with E-state index in [0.29, 0.717) is 0 Å². The van der Waals surface area contributed by atoms with Crippen molar-refractivity contribution in [2.45, 2.75) is 6.42 Å². The average molecular weight is 322 g/mol. The van der Waals surface area contributed by atoms with Gasteiger partial charge in [0.25, 0.3) is 5.69 Å². The van der Waals surface area contributed by atoms with Crippen molar-refractivity contribution in [2.75, 3.05) is 5.32 Å². The van der Waals surface area contributed by atoms with Crippen LogP contribution in [0.1, 0.15) is 5.56 Å². The molecule has 120 valence electrons. The van der Waals surface area contributed by atoms with Crippen LogP contribution in [0.15, 0.2) is 60.7 Å². The van der Waals surface area contributed by atoms with Crippen LogP contribution in [0, 0.1) is 10.1 Å². The lowest BCUT2D eigenvalue weighted by atomic mass is 10.0. The SMILES string of the molecule is O=C(Cc1ccc2ccccc2c1)Nc1ccc([N+](=O)[O-])cc1O. The second kappa shape index (κ2) is 6.37. The summed E-state index contributed by atoms with van der Waals surface area (Å²) in [5.74, 6) is -0.648. The first-order valence-electron chi connectivity index (χ1n) is 7.28. The van der Waals surface area contributed by atoms with E-state index in [-0.39, 0.29) is 29.5 Å². The Morgan fingerprint density at radius 3 is 2.50 bits per heavy atom. The van der Waals surface area contributed by atoms with Gasteiger partial charge in [0.05, 0.1) is 23.1 Å². The number of benzene rings is 3. The minimum atomic E-state index is -0.611. The minimum Gasteiger partial charge on any atom is -0.506 e. The zero-order valence-corrected chi connectivity index (χ0v) is 12.6. The molecule has 0 radical (unpaired) electrons. The molecule has 3 rings (SSSR count). The Morgan fingerprint density at radius 1 is 1.04 bits per heavy atom. The third kappa shape index (κ3) is 3.33. The molecule has 0 heterocycles. The standard InChI is InChI=1S/C18H14N2O4/c21-17-11-15(20(23)24)7-8-16(17)19-18(22)10-12-5-6-13-3-1-2-4-14(13)9-12/h1-9,11,21H,10H2,(H,19,22). The summed E-state index contributed by atoms with van der Waals surface area (Å²) in [5, 5.41) is 25.1. The van der Waals surface area contributed by atoms with Crippen molar-refractivity contribution in [1.29, 1.82) is 0 Å². The highest BCUT2D eigenvalue weighted by Gasteiger charge is 2.12. The Labute approximate surface area is 137 Å². The number of aromatic hydroxyl groups is 1. The summed E-state index contributed by atoms with van der Waals surface area (Å²) in [6, 6.07) is 17.1. The highest BCUT2D eigenvalue weighted by molar-refractivity contribution is 5.94. The number of nitrogens with one attached hydrogen (secondary N) is 1. The Bertz CT molecular complexity index is 937. The quantitative estimate of drug-likeness (QED) is 0.436. The fraction of sp³-hybridized carbons (Fsp3) is 0.0556. The zero-order chi connectivity index (χ0) is 17.1. The van der Waals surface area contributed by atoms with Crippen molar-refractivity contribution in [3.05, 3.63) is 76.3 Å². The molecule has 0 aliphatic carbocycles. The van der Waals surface area contributed by atoms with Crippen LogP contribution >= 0.6 is 0 Å². The van der Waals surface area contributed by atoms with Gasteiger partial charge in [-0.3, -0.25) is 14.9 Å². The van der Waals surface area contributed by atoms with E-state index in [1.165, 1.54) is 12.1 Å². The van der Waals surface area contributed by atoms with Crippen LogP contribution in [0.3, 0.4) is 0 Å². The van der Waals surface area contributed by atoms with Crippen molar-refractivity contribution in [3.63, 3.8) is 0 Å². The van der Waals surface area contributed by atoms with Gasteiger partial charge in [0.1, 0.15) is 5.75 Å². The maximum absolute atomic E-state index is 12.1. The van der Waals surface area contributed by atoms with Gasteiger partial charge in [-0.05, 0) is 22.4 Å². The molecule has 3 aromatic carbocycles. The van der Waals surface area contributed by atoms with E-state index in [4.69, 9.17) is 0 Å². The minimum absolute atomic E-state index is 0.140. The molecule has 2 N–H and O–H groups in total. The summed E-state index contributed by atoms with van der Waals surface area (Å²) in [6.45, 7) is 0. The fourth-order valence-corrected chi connectivity index (χ4v) is 2.47. The topological polar surface area (TPSA) is 92.5 Å². The van der Waals surface area contributed by atoms with Crippen molar-refractivity contribution in [3.8, 4) is 5.75 Å². The number of nitro benzene ring substituents is 1. The highest BCUT2D eigenvalue weighted by atomic mass is 16.6. The fourth-order valence-electron chi connectivity index (χ4n) is 2.47. The lowest BCUT2D eigenvalue weighted by Gasteiger charge is -2.08. The average Bonchev–Trinajstić information content (AvgIpc) is 2.56. The summed E-state index contributed by atoms with van der Waals surface area (Å²) >= 11 is 0. The number of phenols is 1. The number of nitrogens with zero attached hydrogens (tertiary/aromatic N) is 1. The number of non-ortho nitro benzene ring substituents is 1. The molecule has 0 spiro atoms. The normalized spacial score (nSPS) is 10.5. The number of amides is 1. The van der Waals surface area contributed by atoms with Crippen molar-refractivity contribution >= 4 is 28.1 Å². The Morgan fingerprint density at radius 2 is 1.79 bits per heavy atom. The number of rotatable bonds is 4. The second-order valence-electron chi connectivity index (χ2n) is 5.37. The van der Waals surface area contributed by atoms with Gasteiger partial charge in [0, 0.05) is 6.07 Å². The molecule has 0 bridgehead atoms. The van der Waals surface area contributed by atoms with E-state index in [1.54, 1.807) is 0 Å². The van der Waals surface area contributed by atoms with E-state index >= 15 is 0 Å². The molecule has 0 aromatic heterocycles. The third-order valence-electron chi connectivity index (χ3n) is 3.64. The third-order valence-corrected chi connectivity index (χ3v) is 3.64. The first-order valence-corrected chi connectivity index (χ1v) is 7.28. The number of anilines is 1. The number of carbonyl (C=O) groups excluding carboxylic acids is 1. The second-order valence-corrected chi connectivity index (χ2v) is 5.37. The van der Waals surface area contributed by atoms with Crippen LogP contribution in [0.25, 0.3) is 10.8 Å². The summed E-state index contributed by atoms with van der Waals surface area (Å²) < 4.78 is 0. The summed E-state index contributed by atoms with van der Waals surface area (Å²) in [7, 11) is 0. The van der Waals surface area contributed by atoms with E-state index in [0.717, 1.165) is 22.4 Å². The molecule has 0 aliphatic rings. The monoisotopic (exact) mass is 322 g/mol. The molecular formula is C18H14N2O4. The molecule has 6 nitrogen and oxygen atoms in total. The molecule has 6 heteroatoms. The highest BCUT2D eigenvalue weighted by Crippen LogP contribution is 2.28. The number of carbonyl (C=O) groups is 1. The Kier molecular flexibility index (Phi) is 4.11. The summed E-state index contributed by atoms with van der Waals surface area (Å²) in [4.78, 5) is 22.2. The smallest absolute Gasteiger partial charge is 0.273 e. The van der Waals surface area contributed by atoms with Crippen molar-refractivity contribution in [2.24, 2.45) is 0 Å². The van der Waals surface area contributed by atoms with Gasteiger partial charge >= 0.3 is 0 Å². The van der Waals surface area contributed by atoms with Gasteiger partial charge < -0.3 is 10.4 Å². The van der Waals surface area contributed by atoms with E-state index in [2.05, 4.69) is 5.32 Å². The summed E-state index contributed by atoms with van der Waals surface area (Å²) in [6.07, 6.45) is 0.140. The molecule has 0 saturated carbocycles. The van der Waals surface area contributed by atoms with Crippen LogP contribution in [-0.4, -0.2) is 15.9 Å². The molecular weight excluding hydrogens is 308 g/mol. The molecule has 0 atom stereocenters. The molecule has 0 aliphatic heterocycles. The largest absolute Gasteiger partial charge is 0.506 e. The van der Waals surface area contributed by atoms with Crippen LogP contribution < -0.4 is 5.32 Å². The molecule has 3 aromatic rings. The van der Waals surface area contributed by atoms with Crippen LogP contribution in [0.4, 0.5) is 11.4 Å². The zero-order valence-electron chi connectivity index (χ0n) is 12.6. The maximum atomic E-state index is 12.1. The Hall–Kier alpha value is -3.41. The predicted molar refractivity (Wildman–Crippen MR) is 91.0 cm³/mol. The van der Waals surface area contributed by atoms with Crippen LogP contribution in [0.2, 0.25) is 0 Å². The first kappa shape index (κ1) is 15.5. The van der Waals surface area contributed by atoms with Gasteiger partial charge in [-0.1, -0.05) is 42.5 Å². The number of nitro groups is 1. The van der Waals surface area contributed by atoms with Gasteiger partial charge in [-0.15, -0.1) is 0 Å². The molecule has 24 heavy (non-hydrogen) atoms. The van der Waals surface area contributed by atoms with Crippen molar-refractivity contribution in [1.82, 2.24) is 0 Å². The van der Waals surface area contributed by atoms with E-state index in [1.807, 2.05) is 42.5 Å². The maximum Gasteiger partial charge on any atom is 0.273 e. The molecule has 0 saturated heterocycles. The molecule has 0 unspecified atom stereocenters. The van der Waals surface area contributed by atoms with Gasteiger partial charge in [-0.25, -0.2) is 0 Å². The van der Waals surface area contributed by atoms with E-state index < -0.39 is 4.92 Å². The molecule has 1 amide bonds.